The summed E-state index contributed by atoms with van der Waals surface area (Å²) in [7, 11) is 0. The number of hydrogen-bond acceptors (Lipinski definition) is 3. The molecule has 9 atom stereocenters. The van der Waals surface area contributed by atoms with Gasteiger partial charge in [-0.1, -0.05) is 188 Å². The number of aliphatic imine (C=N–C) groups is 1. The average Bonchev–Trinajstić information content (AvgIpc) is 4.15. The highest BCUT2D eigenvalue weighted by Crippen LogP contribution is 2.49. The van der Waals surface area contributed by atoms with Gasteiger partial charge in [-0.05, 0) is 119 Å². The van der Waals surface area contributed by atoms with E-state index in [4.69, 9.17) is 10.7 Å². The van der Waals surface area contributed by atoms with E-state index in [1.54, 1.807) is 0 Å². The Balaban J connectivity index is 0.879. The number of piperidine rings is 1. The fourth-order valence-corrected chi connectivity index (χ4v) is 11.1. The van der Waals surface area contributed by atoms with E-state index in [-0.39, 0.29) is 18.1 Å². The van der Waals surface area contributed by atoms with Gasteiger partial charge in [0.05, 0.1) is 0 Å². The molecule has 4 nitrogen and oxygen atoms in total. The molecule has 1 heterocycles. The second-order valence-corrected chi connectivity index (χ2v) is 18.6. The standard InChI is InChI=1S/C60H62N4/c1-2-17-51(45-18-7-3-8-19-45)58-53-27-16-15-26-52(53)56(57(63-58)48-22-11-5-12-23-48)47-36-32-43(33-37-47)41-28-30-42(31-29-41)44-34-38-50(39-35-44)60(64-59(61)49-24-13-6-14-25-49)62-55-40-54(55)46-20-9-4-10-21-46/h2-7,9-13,15-16,18,20,22,24,26-39,46,48,52-57,60,62-63H,1,8,14,17,19,21,23,25,40H2,(H2,61,64)/b58-51+. The summed E-state index contributed by atoms with van der Waals surface area (Å²) in [6, 6.07) is 28.1. The summed E-state index contributed by atoms with van der Waals surface area (Å²) < 4.78 is 0. The van der Waals surface area contributed by atoms with Gasteiger partial charge in [-0.2, -0.15) is 0 Å². The fourth-order valence-electron chi connectivity index (χ4n) is 11.1. The predicted octanol–water partition coefficient (Wildman–Crippen LogP) is 13.4. The lowest BCUT2D eigenvalue weighted by Crippen LogP contribution is -2.51. The number of fused-ring (bicyclic) bond motifs is 1. The van der Waals surface area contributed by atoms with E-state index < -0.39 is 0 Å². The van der Waals surface area contributed by atoms with E-state index in [2.05, 4.69) is 205 Å². The van der Waals surface area contributed by atoms with Crippen LogP contribution in [0.15, 0.2) is 222 Å². The van der Waals surface area contributed by atoms with Crippen LogP contribution in [0.2, 0.25) is 0 Å². The molecule has 10 rings (SSSR count). The van der Waals surface area contributed by atoms with Crippen molar-refractivity contribution >= 4 is 5.84 Å². The van der Waals surface area contributed by atoms with E-state index in [0.717, 1.165) is 56.1 Å². The van der Waals surface area contributed by atoms with Crippen molar-refractivity contribution in [2.75, 3.05) is 0 Å². The van der Waals surface area contributed by atoms with Gasteiger partial charge < -0.3 is 11.1 Å². The van der Waals surface area contributed by atoms with Gasteiger partial charge in [-0.15, -0.1) is 6.58 Å². The largest absolute Gasteiger partial charge is 0.384 e. The molecule has 7 aliphatic rings. The average molecular weight is 839 g/mol. The summed E-state index contributed by atoms with van der Waals surface area (Å²) in [4.78, 5) is 5.12. The number of nitrogens with one attached hydrogen (secondary N) is 2. The Morgan fingerprint density at radius 2 is 1.28 bits per heavy atom. The third-order valence-corrected chi connectivity index (χ3v) is 14.6. The van der Waals surface area contributed by atoms with Crippen molar-refractivity contribution in [3.63, 3.8) is 0 Å². The maximum atomic E-state index is 6.67. The molecule has 0 spiro atoms. The molecule has 3 aromatic carbocycles. The summed E-state index contributed by atoms with van der Waals surface area (Å²) >= 11 is 0. The van der Waals surface area contributed by atoms with Gasteiger partial charge in [0.25, 0.3) is 0 Å². The van der Waals surface area contributed by atoms with Crippen molar-refractivity contribution in [1.29, 1.82) is 0 Å². The van der Waals surface area contributed by atoms with Gasteiger partial charge in [0.15, 0.2) is 0 Å². The smallest absolute Gasteiger partial charge is 0.128 e. The predicted molar refractivity (Wildman–Crippen MR) is 269 cm³/mol. The van der Waals surface area contributed by atoms with Crippen LogP contribution in [0.3, 0.4) is 0 Å². The van der Waals surface area contributed by atoms with Crippen LogP contribution in [0, 0.1) is 29.6 Å². The molecule has 1 saturated heterocycles. The molecular formula is C60H62N4. The lowest BCUT2D eigenvalue weighted by molar-refractivity contribution is 0.240. The molecule has 3 aromatic rings. The van der Waals surface area contributed by atoms with Crippen molar-refractivity contribution in [2.45, 2.75) is 75.5 Å². The number of nitrogens with zero attached hydrogens (tertiary/aromatic N) is 1. The summed E-state index contributed by atoms with van der Waals surface area (Å²) in [5.74, 6) is 3.22. The molecule has 0 bridgehead atoms. The number of nitrogens with two attached hydrogens (primary N) is 1. The molecule has 0 amide bonds. The van der Waals surface area contributed by atoms with Crippen LogP contribution in [-0.2, 0) is 0 Å². The number of amidine groups is 1. The van der Waals surface area contributed by atoms with Crippen LogP contribution in [-0.4, -0.2) is 17.9 Å². The Labute approximate surface area is 381 Å². The van der Waals surface area contributed by atoms with E-state index >= 15 is 0 Å². The SMILES string of the molecule is C=CC/C(C1=CC=CCC1)=C1\NC(C2C=CC=CC2)C(c2ccc(-c3ccc(-c4ccc(C(/N=C(\N)C5=CC=CCC5)NC5CC5C5C=CC=CC5)cc4)cc3)cc2)C2C=CC=CC12. The third kappa shape index (κ3) is 9.08. The molecule has 0 radical (unpaired) electrons. The lowest BCUT2D eigenvalue weighted by Gasteiger charge is -2.48. The van der Waals surface area contributed by atoms with Crippen molar-refractivity contribution in [3.8, 4) is 22.3 Å². The molecule has 9 unspecified atom stereocenters. The van der Waals surface area contributed by atoms with Gasteiger partial charge in [-0.25, -0.2) is 4.99 Å². The Bertz CT molecular complexity index is 2560. The van der Waals surface area contributed by atoms with Crippen molar-refractivity contribution in [2.24, 2.45) is 40.3 Å². The molecular weight excluding hydrogens is 777 g/mol. The van der Waals surface area contributed by atoms with E-state index in [0.29, 0.717) is 41.5 Å². The zero-order valence-electron chi connectivity index (χ0n) is 37.0. The minimum absolute atomic E-state index is 0.193. The van der Waals surface area contributed by atoms with Crippen molar-refractivity contribution < 1.29 is 0 Å². The van der Waals surface area contributed by atoms with E-state index in [9.17, 15) is 0 Å². The third-order valence-electron chi connectivity index (χ3n) is 14.6. The summed E-state index contributed by atoms with van der Waals surface area (Å²) in [5, 5.41) is 8.14. The first-order valence-electron chi connectivity index (χ1n) is 23.9. The molecule has 1 saturated carbocycles. The van der Waals surface area contributed by atoms with Crippen LogP contribution < -0.4 is 16.4 Å². The molecule has 0 aromatic heterocycles. The highest BCUT2D eigenvalue weighted by atomic mass is 15.1. The van der Waals surface area contributed by atoms with E-state index in [1.807, 2.05) is 0 Å². The minimum Gasteiger partial charge on any atom is -0.384 e. The Hall–Kier alpha value is -6.23. The molecule has 4 N–H and O–H groups in total. The van der Waals surface area contributed by atoms with Gasteiger partial charge >= 0.3 is 0 Å². The van der Waals surface area contributed by atoms with Gasteiger partial charge in [0.2, 0.25) is 0 Å². The Morgan fingerprint density at radius 1 is 0.688 bits per heavy atom. The normalized spacial score (nSPS) is 29.1. The van der Waals surface area contributed by atoms with Crippen LogP contribution in [0.4, 0.5) is 0 Å². The van der Waals surface area contributed by atoms with Crippen LogP contribution in [0.1, 0.15) is 74.6 Å². The number of hydrogen-bond donors (Lipinski definition) is 3. The summed E-state index contributed by atoms with van der Waals surface area (Å²) in [6.45, 7) is 4.20. The first kappa shape index (κ1) is 41.8. The number of allylic oxidation sites excluding steroid dienone is 20. The zero-order valence-corrected chi connectivity index (χ0v) is 37.0. The monoisotopic (exact) mass is 838 g/mol. The lowest BCUT2D eigenvalue weighted by atomic mass is 9.64. The molecule has 6 aliphatic carbocycles. The van der Waals surface area contributed by atoms with Gasteiger partial charge in [-0.3, -0.25) is 5.32 Å². The Kier molecular flexibility index (Phi) is 12.6. The first-order chi connectivity index (χ1) is 31.6. The Morgan fingerprint density at radius 3 is 1.89 bits per heavy atom. The maximum Gasteiger partial charge on any atom is 0.128 e. The van der Waals surface area contributed by atoms with Crippen molar-refractivity contribution in [1.82, 2.24) is 10.6 Å². The number of rotatable bonds is 13. The zero-order chi connectivity index (χ0) is 43.2. The molecule has 64 heavy (non-hydrogen) atoms. The number of benzene rings is 3. The molecule has 322 valence electrons. The van der Waals surface area contributed by atoms with Crippen LogP contribution in [0.5, 0.6) is 0 Å². The quantitative estimate of drug-likeness (QED) is 0.0913. The second kappa shape index (κ2) is 19.3. The van der Waals surface area contributed by atoms with E-state index in [1.165, 1.54) is 51.1 Å². The highest BCUT2D eigenvalue weighted by molar-refractivity contribution is 5.97. The van der Waals surface area contributed by atoms with Gasteiger partial charge in [0, 0.05) is 35.5 Å². The minimum atomic E-state index is -0.193. The molecule has 4 heteroatoms. The highest BCUT2D eigenvalue weighted by Gasteiger charge is 2.45. The molecule has 2 fully saturated rings. The first-order valence-corrected chi connectivity index (χ1v) is 23.9. The molecule has 1 aliphatic heterocycles. The van der Waals surface area contributed by atoms with Crippen LogP contribution in [0.25, 0.3) is 22.3 Å². The summed E-state index contributed by atoms with van der Waals surface area (Å²) in [5.41, 5.74) is 19.4. The fraction of sp³-hybridized carbons (Fsp3) is 0.283. The maximum absolute atomic E-state index is 6.67. The van der Waals surface area contributed by atoms with Crippen LogP contribution >= 0.6 is 0 Å². The van der Waals surface area contributed by atoms with Crippen molar-refractivity contribution in [3.05, 3.63) is 228 Å². The topological polar surface area (TPSA) is 62.4 Å². The summed E-state index contributed by atoms with van der Waals surface area (Å²) in [6.07, 6.45) is 51.1. The second-order valence-electron chi connectivity index (χ2n) is 18.6. The van der Waals surface area contributed by atoms with Gasteiger partial charge in [0.1, 0.15) is 12.0 Å².